The minimum absolute atomic E-state index is 0.0530. The number of furan rings is 1. The number of fused-ring (bicyclic) bond motifs is 1. The molecule has 0 radical (unpaired) electrons. The first-order valence-corrected chi connectivity index (χ1v) is 6.04. The Morgan fingerprint density at radius 3 is 2.94 bits per heavy atom. The van der Waals surface area contributed by atoms with E-state index in [1.165, 1.54) is 0 Å². The predicted molar refractivity (Wildman–Crippen MR) is 64.0 cm³/mol. The predicted octanol–water partition coefficient (Wildman–Crippen LogP) is 3.17. The first kappa shape index (κ1) is 11.1. The van der Waals surface area contributed by atoms with Crippen molar-refractivity contribution in [2.45, 2.75) is 18.4 Å². The average molecular weight is 236 g/mol. The molecule has 3 nitrogen and oxygen atoms in total. The second-order valence-electron chi connectivity index (χ2n) is 3.44. The molecule has 0 aliphatic rings. The summed E-state index contributed by atoms with van der Waals surface area (Å²) in [6, 6.07) is 7.44. The van der Waals surface area contributed by atoms with Gasteiger partial charge in [0.25, 0.3) is 0 Å². The Labute approximate surface area is 97.4 Å². The highest BCUT2D eigenvalue weighted by atomic mass is 32.2. The van der Waals surface area contributed by atoms with Crippen molar-refractivity contribution < 1.29 is 14.3 Å². The number of carbonyl (C=O) groups is 1. The number of aliphatic carboxylic acids is 1. The van der Waals surface area contributed by atoms with E-state index in [0.717, 1.165) is 27.4 Å². The number of thioether (sulfide) groups is 1. The summed E-state index contributed by atoms with van der Waals surface area (Å²) in [6.45, 7) is 2.06. The van der Waals surface area contributed by atoms with Crippen LogP contribution in [0.3, 0.4) is 0 Å². The highest BCUT2D eigenvalue weighted by Crippen LogP contribution is 2.27. The van der Waals surface area contributed by atoms with Gasteiger partial charge in [-0.3, -0.25) is 4.79 Å². The largest absolute Gasteiger partial charge is 0.481 e. The first-order valence-electron chi connectivity index (χ1n) is 5.06. The van der Waals surface area contributed by atoms with Crippen LogP contribution in [0.25, 0.3) is 11.0 Å². The molecule has 0 bridgehead atoms. The molecule has 4 heteroatoms. The van der Waals surface area contributed by atoms with E-state index < -0.39 is 5.97 Å². The zero-order chi connectivity index (χ0) is 11.5. The molecule has 2 aromatic rings. The molecular formula is C12H12O3S. The average Bonchev–Trinajstić information content (AvgIpc) is 2.59. The van der Waals surface area contributed by atoms with Gasteiger partial charge in [0.1, 0.15) is 5.58 Å². The molecule has 0 aliphatic carbocycles. The maximum absolute atomic E-state index is 10.6. The topological polar surface area (TPSA) is 50.4 Å². The van der Waals surface area contributed by atoms with Crippen LogP contribution in [-0.2, 0) is 11.2 Å². The van der Waals surface area contributed by atoms with Crippen molar-refractivity contribution in [3.05, 3.63) is 29.8 Å². The molecule has 2 rings (SSSR count). The van der Waals surface area contributed by atoms with E-state index in [-0.39, 0.29) is 6.42 Å². The summed E-state index contributed by atoms with van der Waals surface area (Å²) in [5, 5.41) is 10.5. The van der Waals surface area contributed by atoms with Gasteiger partial charge >= 0.3 is 5.97 Å². The van der Waals surface area contributed by atoms with E-state index in [9.17, 15) is 4.79 Å². The Morgan fingerprint density at radius 1 is 1.44 bits per heavy atom. The Balaban J connectivity index is 2.33. The third kappa shape index (κ3) is 2.39. The number of carboxylic acids is 1. The molecule has 1 heterocycles. The molecule has 0 saturated heterocycles. The van der Waals surface area contributed by atoms with E-state index in [0.29, 0.717) is 0 Å². The van der Waals surface area contributed by atoms with Gasteiger partial charge in [-0.25, -0.2) is 0 Å². The van der Waals surface area contributed by atoms with Gasteiger partial charge in [-0.2, -0.15) is 0 Å². The van der Waals surface area contributed by atoms with Crippen molar-refractivity contribution in [1.82, 2.24) is 0 Å². The van der Waals surface area contributed by atoms with E-state index in [1.807, 2.05) is 18.2 Å². The second kappa shape index (κ2) is 4.61. The molecular weight excluding hydrogens is 224 g/mol. The van der Waals surface area contributed by atoms with Crippen LogP contribution in [-0.4, -0.2) is 16.8 Å². The summed E-state index contributed by atoms with van der Waals surface area (Å²) < 4.78 is 5.58. The number of benzene rings is 1. The molecule has 0 atom stereocenters. The van der Waals surface area contributed by atoms with Gasteiger partial charge in [-0.1, -0.05) is 24.8 Å². The minimum Gasteiger partial charge on any atom is -0.481 e. The van der Waals surface area contributed by atoms with Gasteiger partial charge < -0.3 is 9.52 Å². The SMILES string of the molecule is CCSc1cc2cc(CC(=O)O)ccc2o1. The van der Waals surface area contributed by atoms with Crippen molar-refractivity contribution in [2.75, 3.05) is 5.75 Å². The van der Waals surface area contributed by atoms with Crippen molar-refractivity contribution >= 4 is 28.7 Å². The molecule has 0 saturated carbocycles. The van der Waals surface area contributed by atoms with Crippen molar-refractivity contribution in [2.24, 2.45) is 0 Å². The van der Waals surface area contributed by atoms with Gasteiger partial charge in [-0.15, -0.1) is 0 Å². The van der Waals surface area contributed by atoms with Crippen LogP contribution in [0.5, 0.6) is 0 Å². The van der Waals surface area contributed by atoms with Crippen molar-refractivity contribution in [3.8, 4) is 0 Å². The molecule has 0 aliphatic heterocycles. The zero-order valence-corrected chi connectivity index (χ0v) is 9.71. The van der Waals surface area contributed by atoms with Gasteiger partial charge in [0.05, 0.1) is 6.42 Å². The smallest absolute Gasteiger partial charge is 0.307 e. The fraction of sp³-hybridized carbons (Fsp3) is 0.250. The first-order chi connectivity index (χ1) is 7.69. The van der Waals surface area contributed by atoms with Crippen LogP contribution < -0.4 is 0 Å². The lowest BCUT2D eigenvalue weighted by molar-refractivity contribution is -0.136. The van der Waals surface area contributed by atoms with Crippen LogP contribution in [0.4, 0.5) is 0 Å². The highest BCUT2D eigenvalue weighted by molar-refractivity contribution is 7.99. The lowest BCUT2D eigenvalue weighted by Gasteiger charge is -1.95. The van der Waals surface area contributed by atoms with Crippen LogP contribution >= 0.6 is 11.8 Å². The van der Waals surface area contributed by atoms with E-state index in [4.69, 9.17) is 9.52 Å². The number of rotatable bonds is 4. The Morgan fingerprint density at radius 2 is 2.25 bits per heavy atom. The fourth-order valence-electron chi connectivity index (χ4n) is 1.57. The minimum atomic E-state index is -0.814. The Hall–Kier alpha value is -1.42. The molecule has 1 N–H and O–H groups in total. The number of carboxylic acid groups (broad SMARTS) is 1. The molecule has 0 fully saturated rings. The monoisotopic (exact) mass is 236 g/mol. The van der Waals surface area contributed by atoms with Crippen LogP contribution in [0, 0.1) is 0 Å². The van der Waals surface area contributed by atoms with Gasteiger partial charge in [0.2, 0.25) is 0 Å². The normalized spacial score (nSPS) is 10.8. The number of hydrogen-bond donors (Lipinski definition) is 1. The molecule has 1 aromatic carbocycles. The summed E-state index contributed by atoms with van der Waals surface area (Å²) in [5.41, 5.74) is 1.61. The van der Waals surface area contributed by atoms with E-state index in [2.05, 4.69) is 6.92 Å². The Kier molecular flexibility index (Phi) is 3.19. The molecule has 0 amide bonds. The fourth-order valence-corrected chi connectivity index (χ4v) is 2.21. The second-order valence-corrected chi connectivity index (χ2v) is 4.71. The molecule has 0 unspecified atom stereocenters. The van der Waals surface area contributed by atoms with Gasteiger partial charge in [-0.05, 0) is 29.5 Å². The summed E-state index contributed by atoms with van der Waals surface area (Å²) in [4.78, 5) is 10.6. The van der Waals surface area contributed by atoms with Crippen molar-refractivity contribution in [1.29, 1.82) is 0 Å². The third-order valence-electron chi connectivity index (χ3n) is 2.20. The summed E-state index contributed by atoms with van der Waals surface area (Å²) in [5.74, 6) is 0.146. The number of hydrogen-bond acceptors (Lipinski definition) is 3. The molecule has 0 spiro atoms. The summed E-state index contributed by atoms with van der Waals surface area (Å²) in [6.07, 6.45) is 0.0530. The quantitative estimate of drug-likeness (QED) is 0.828. The van der Waals surface area contributed by atoms with E-state index >= 15 is 0 Å². The standard InChI is InChI=1S/C12H12O3S/c1-2-16-12-7-9-5-8(6-11(13)14)3-4-10(9)15-12/h3-5,7H,2,6H2,1H3,(H,13,14). The molecule has 84 valence electrons. The van der Waals surface area contributed by atoms with Gasteiger partial charge in [0.15, 0.2) is 5.09 Å². The third-order valence-corrected chi connectivity index (χ3v) is 2.97. The highest BCUT2D eigenvalue weighted by Gasteiger charge is 2.06. The lowest BCUT2D eigenvalue weighted by Crippen LogP contribution is -1.99. The van der Waals surface area contributed by atoms with Crippen LogP contribution in [0.15, 0.2) is 33.8 Å². The summed E-state index contributed by atoms with van der Waals surface area (Å²) in [7, 11) is 0. The van der Waals surface area contributed by atoms with Crippen molar-refractivity contribution in [3.63, 3.8) is 0 Å². The zero-order valence-electron chi connectivity index (χ0n) is 8.90. The van der Waals surface area contributed by atoms with Gasteiger partial charge in [0, 0.05) is 5.39 Å². The summed E-state index contributed by atoms with van der Waals surface area (Å²) >= 11 is 1.64. The maximum Gasteiger partial charge on any atom is 0.307 e. The van der Waals surface area contributed by atoms with E-state index in [1.54, 1.807) is 17.8 Å². The molecule has 1 aromatic heterocycles. The van der Waals surface area contributed by atoms with Crippen LogP contribution in [0.2, 0.25) is 0 Å². The van der Waals surface area contributed by atoms with Crippen LogP contribution in [0.1, 0.15) is 12.5 Å². The maximum atomic E-state index is 10.6. The Bertz CT molecular complexity index is 516. The lowest BCUT2D eigenvalue weighted by atomic mass is 10.1. The molecule has 16 heavy (non-hydrogen) atoms.